The van der Waals surface area contributed by atoms with E-state index in [-0.39, 0.29) is 10.5 Å². The van der Waals surface area contributed by atoms with Gasteiger partial charge in [-0.3, -0.25) is 0 Å². The Balaban J connectivity index is 2.50. The lowest BCUT2D eigenvalue weighted by atomic mass is 10.1. The maximum atomic E-state index is 12.8. The number of hydrogen-bond donors (Lipinski definition) is 1. The molecule has 1 aromatic rings. The number of aromatic carboxylic acids is 1. The maximum Gasteiger partial charge on any atom is 0.335 e. The summed E-state index contributed by atoms with van der Waals surface area (Å²) in [7, 11) is -3.68. The van der Waals surface area contributed by atoms with Crippen LogP contribution in [0.25, 0.3) is 0 Å². The average molecular weight is 394 g/mol. The summed E-state index contributed by atoms with van der Waals surface area (Å²) in [6, 6.07) is 2.69. The molecule has 1 aliphatic rings. The Kier molecular flexibility index (Phi) is 5.34. The van der Waals surface area contributed by atoms with Gasteiger partial charge in [0.2, 0.25) is 10.0 Å². The first-order chi connectivity index (χ1) is 9.84. The minimum absolute atomic E-state index is 0.0153. The SMILES string of the molecule is Cc1cc(C(=O)O)cc(S(=O)(=O)N2CCCSCC2)c1Br. The summed E-state index contributed by atoms with van der Waals surface area (Å²) in [5.74, 6) is 0.573. The van der Waals surface area contributed by atoms with E-state index >= 15 is 0 Å². The molecular formula is C13H16BrNO4S2. The zero-order chi connectivity index (χ0) is 15.6. The number of nitrogens with zero attached hydrogens (tertiary/aromatic N) is 1. The second-order valence-electron chi connectivity index (χ2n) is 4.78. The third-order valence-corrected chi connectivity index (χ3v) is 7.55. The number of carboxylic acids is 1. The minimum atomic E-state index is -3.68. The normalized spacial score (nSPS) is 17.4. The summed E-state index contributed by atoms with van der Waals surface area (Å²) in [5.41, 5.74) is 0.580. The highest BCUT2D eigenvalue weighted by atomic mass is 79.9. The molecule has 1 heterocycles. The Morgan fingerprint density at radius 3 is 2.71 bits per heavy atom. The van der Waals surface area contributed by atoms with Crippen molar-refractivity contribution in [1.82, 2.24) is 4.31 Å². The fourth-order valence-electron chi connectivity index (χ4n) is 2.15. The van der Waals surface area contributed by atoms with Crippen molar-refractivity contribution >= 4 is 43.7 Å². The van der Waals surface area contributed by atoms with Crippen molar-refractivity contribution in [3.8, 4) is 0 Å². The monoisotopic (exact) mass is 393 g/mol. The van der Waals surface area contributed by atoms with E-state index in [4.69, 9.17) is 5.11 Å². The maximum absolute atomic E-state index is 12.8. The van der Waals surface area contributed by atoms with Gasteiger partial charge in [0, 0.05) is 23.3 Å². The van der Waals surface area contributed by atoms with E-state index in [0.29, 0.717) is 23.1 Å². The van der Waals surface area contributed by atoms with Crippen molar-refractivity contribution in [1.29, 1.82) is 0 Å². The van der Waals surface area contributed by atoms with E-state index in [1.165, 1.54) is 16.4 Å². The Morgan fingerprint density at radius 2 is 2.05 bits per heavy atom. The molecule has 0 unspecified atom stereocenters. The molecule has 0 bridgehead atoms. The minimum Gasteiger partial charge on any atom is -0.478 e. The van der Waals surface area contributed by atoms with E-state index in [9.17, 15) is 13.2 Å². The molecule has 0 amide bonds. The molecule has 1 aliphatic heterocycles. The predicted molar refractivity (Wildman–Crippen MR) is 86.5 cm³/mol. The molecule has 1 fully saturated rings. The topological polar surface area (TPSA) is 74.7 Å². The van der Waals surface area contributed by atoms with Crippen LogP contribution in [-0.4, -0.2) is 48.4 Å². The second-order valence-corrected chi connectivity index (χ2v) is 8.70. The van der Waals surface area contributed by atoms with Gasteiger partial charge in [-0.05, 0) is 52.7 Å². The number of carbonyl (C=O) groups is 1. The van der Waals surface area contributed by atoms with Crippen LogP contribution in [0.5, 0.6) is 0 Å². The van der Waals surface area contributed by atoms with E-state index in [0.717, 1.165) is 17.9 Å². The molecule has 1 N–H and O–H groups in total. The van der Waals surface area contributed by atoms with Crippen molar-refractivity contribution in [2.24, 2.45) is 0 Å². The highest BCUT2D eigenvalue weighted by Gasteiger charge is 2.29. The fraction of sp³-hybridized carbons (Fsp3) is 0.462. The van der Waals surface area contributed by atoms with E-state index in [1.807, 2.05) is 0 Å². The molecule has 1 aromatic carbocycles. The van der Waals surface area contributed by atoms with E-state index in [2.05, 4.69) is 15.9 Å². The number of aryl methyl sites for hydroxylation is 1. The van der Waals surface area contributed by atoms with Crippen LogP contribution in [0.4, 0.5) is 0 Å². The molecule has 0 radical (unpaired) electrons. The van der Waals surface area contributed by atoms with Gasteiger partial charge in [-0.15, -0.1) is 0 Å². The molecule has 5 nitrogen and oxygen atoms in total. The average Bonchev–Trinajstić information content (AvgIpc) is 2.70. The van der Waals surface area contributed by atoms with Gasteiger partial charge in [0.05, 0.1) is 10.5 Å². The summed E-state index contributed by atoms with van der Waals surface area (Å²) in [4.78, 5) is 11.2. The van der Waals surface area contributed by atoms with Crippen molar-refractivity contribution in [3.63, 3.8) is 0 Å². The third kappa shape index (κ3) is 3.61. The van der Waals surface area contributed by atoms with Crippen LogP contribution in [0.2, 0.25) is 0 Å². The number of benzene rings is 1. The summed E-state index contributed by atoms with van der Waals surface area (Å²) >= 11 is 5.02. The molecule has 116 valence electrons. The van der Waals surface area contributed by atoms with Crippen LogP contribution in [0.1, 0.15) is 22.3 Å². The standard InChI is InChI=1S/C13H16BrNO4S2/c1-9-7-10(13(16)17)8-11(12(9)14)21(18,19)15-3-2-5-20-6-4-15/h7-8H,2-6H2,1H3,(H,16,17). The highest BCUT2D eigenvalue weighted by Crippen LogP contribution is 2.30. The number of halogens is 1. The van der Waals surface area contributed by atoms with E-state index in [1.54, 1.807) is 18.7 Å². The molecule has 0 aliphatic carbocycles. The van der Waals surface area contributed by atoms with Gasteiger partial charge < -0.3 is 5.11 Å². The Bertz CT molecular complexity index is 652. The van der Waals surface area contributed by atoms with Crippen molar-refractivity contribution < 1.29 is 18.3 Å². The molecule has 21 heavy (non-hydrogen) atoms. The summed E-state index contributed by atoms with van der Waals surface area (Å²) in [6.07, 6.45) is 0.805. The zero-order valence-electron chi connectivity index (χ0n) is 11.5. The molecule has 8 heteroatoms. The molecule has 0 atom stereocenters. The number of sulfonamides is 1. The Hall–Kier alpha value is -0.570. The van der Waals surface area contributed by atoms with Gasteiger partial charge in [-0.1, -0.05) is 0 Å². The van der Waals surface area contributed by atoms with E-state index < -0.39 is 16.0 Å². The molecular weight excluding hydrogens is 378 g/mol. The Morgan fingerprint density at radius 1 is 1.33 bits per heavy atom. The fourth-order valence-corrected chi connectivity index (χ4v) is 5.64. The summed E-state index contributed by atoms with van der Waals surface area (Å²) in [5, 5.41) is 9.12. The van der Waals surface area contributed by atoms with Crippen LogP contribution in [0.15, 0.2) is 21.5 Å². The van der Waals surface area contributed by atoms with Gasteiger partial charge in [-0.25, -0.2) is 13.2 Å². The first kappa shape index (κ1) is 16.8. The van der Waals surface area contributed by atoms with Crippen LogP contribution in [-0.2, 0) is 10.0 Å². The van der Waals surface area contributed by atoms with Crippen molar-refractivity contribution in [2.75, 3.05) is 24.6 Å². The summed E-state index contributed by atoms with van der Waals surface area (Å²) < 4.78 is 27.4. The van der Waals surface area contributed by atoms with Crippen LogP contribution >= 0.6 is 27.7 Å². The molecule has 1 saturated heterocycles. The van der Waals surface area contributed by atoms with Gasteiger partial charge in [0.15, 0.2) is 0 Å². The number of rotatable bonds is 3. The van der Waals surface area contributed by atoms with Gasteiger partial charge >= 0.3 is 5.97 Å². The number of hydrogen-bond acceptors (Lipinski definition) is 4. The van der Waals surface area contributed by atoms with Gasteiger partial charge in [0.1, 0.15) is 0 Å². The molecule has 2 rings (SSSR count). The Labute approximate surface area is 136 Å². The second kappa shape index (κ2) is 6.68. The summed E-state index contributed by atoms with van der Waals surface area (Å²) in [6.45, 7) is 2.61. The smallest absolute Gasteiger partial charge is 0.335 e. The van der Waals surface area contributed by atoms with Crippen molar-refractivity contribution in [3.05, 3.63) is 27.7 Å². The lowest BCUT2D eigenvalue weighted by molar-refractivity contribution is 0.0696. The molecule has 0 aromatic heterocycles. The quantitative estimate of drug-likeness (QED) is 0.853. The van der Waals surface area contributed by atoms with Crippen molar-refractivity contribution in [2.45, 2.75) is 18.2 Å². The molecule has 0 saturated carbocycles. The van der Waals surface area contributed by atoms with Crippen LogP contribution in [0.3, 0.4) is 0 Å². The molecule has 0 spiro atoms. The number of thioether (sulfide) groups is 1. The lowest BCUT2D eigenvalue weighted by Gasteiger charge is -2.21. The highest BCUT2D eigenvalue weighted by molar-refractivity contribution is 9.10. The van der Waals surface area contributed by atoms with Gasteiger partial charge in [-0.2, -0.15) is 16.1 Å². The van der Waals surface area contributed by atoms with Gasteiger partial charge in [0.25, 0.3) is 0 Å². The zero-order valence-corrected chi connectivity index (χ0v) is 14.7. The number of carboxylic acid groups (broad SMARTS) is 1. The largest absolute Gasteiger partial charge is 0.478 e. The first-order valence-corrected chi connectivity index (χ1v) is 9.84. The first-order valence-electron chi connectivity index (χ1n) is 6.45. The lowest BCUT2D eigenvalue weighted by Crippen LogP contribution is -2.33. The van der Waals surface area contributed by atoms with Crippen LogP contribution < -0.4 is 0 Å². The predicted octanol–water partition coefficient (Wildman–Crippen LogP) is 2.58. The van der Waals surface area contributed by atoms with Crippen LogP contribution in [0, 0.1) is 6.92 Å². The third-order valence-electron chi connectivity index (χ3n) is 3.27.